The quantitative estimate of drug-likeness (QED) is 0.830. The number of hydrogen-bond acceptors (Lipinski definition) is 3. The van der Waals surface area contributed by atoms with Crippen molar-refractivity contribution in [2.75, 3.05) is 7.05 Å². The lowest BCUT2D eigenvalue weighted by Gasteiger charge is -2.00. The number of hydrogen-bond donors (Lipinski definition) is 1. The van der Waals surface area contributed by atoms with Gasteiger partial charge in [0.1, 0.15) is 11.5 Å². The third kappa shape index (κ3) is 2.07. The van der Waals surface area contributed by atoms with Crippen molar-refractivity contribution in [2.24, 2.45) is 0 Å². The summed E-state index contributed by atoms with van der Waals surface area (Å²) in [5, 5.41) is 3.05. The summed E-state index contributed by atoms with van der Waals surface area (Å²) in [6, 6.07) is 5.95. The number of furan rings is 1. The van der Waals surface area contributed by atoms with E-state index in [-0.39, 0.29) is 0 Å². The highest BCUT2D eigenvalue weighted by molar-refractivity contribution is 5.60. The van der Waals surface area contributed by atoms with E-state index >= 15 is 0 Å². The molecular weight excluding hydrogens is 188 g/mol. The molecule has 15 heavy (non-hydrogen) atoms. The van der Waals surface area contributed by atoms with Crippen LogP contribution in [-0.2, 0) is 6.54 Å². The van der Waals surface area contributed by atoms with E-state index in [0.717, 1.165) is 23.6 Å². The molecule has 3 nitrogen and oxygen atoms in total. The summed E-state index contributed by atoms with van der Waals surface area (Å²) in [4.78, 5) is 4.10. The second-order valence-corrected chi connectivity index (χ2v) is 3.49. The first-order valence-electron chi connectivity index (χ1n) is 4.95. The normalized spacial score (nSPS) is 10.5. The Morgan fingerprint density at radius 1 is 1.33 bits per heavy atom. The van der Waals surface area contributed by atoms with E-state index in [0.29, 0.717) is 0 Å². The van der Waals surface area contributed by atoms with E-state index in [1.165, 1.54) is 5.56 Å². The second-order valence-electron chi connectivity index (χ2n) is 3.49. The van der Waals surface area contributed by atoms with Gasteiger partial charge in [0.25, 0.3) is 0 Å². The van der Waals surface area contributed by atoms with Gasteiger partial charge in [-0.15, -0.1) is 0 Å². The molecule has 2 aromatic rings. The fraction of sp³-hybridized carbons (Fsp3) is 0.250. The van der Waals surface area contributed by atoms with E-state index in [1.807, 2.05) is 31.4 Å². The van der Waals surface area contributed by atoms with Crippen molar-refractivity contribution in [2.45, 2.75) is 13.5 Å². The van der Waals surface area contributed by atoms with E-state index in [2.05, 4.69) is 17.2 Å². The van der Waals surface area contributed by atoms with Crippen molar-refractivity contribution in [3.63, 3.8) is 0 Å². The number of pyridine rings is 1. The summed E-state index contributed by atoms with van der Waals surface area (Å²) >= 11 is 0. The Morgan fingerprint density at radius 2 is 2.20 bits per heavy atom. The molecule has 0 bridgehead atoms. The predicted molar refractivity (Wildman–Crippen MR) is 59.4 cm³/mol. The molecule has 0 atom stereocenters. The van der Waals surface area contributed by atoms with Crippen LogP contribution in [0.2, 0.25) is 0 Å². The summed E-state index contributed by atoms with van der Waals surface area (Å²) in [5.41, 5.74) is 2.23. The molecule has 0 unspecified atom stereocenters. The molecule has 78 valence electrons. The molecule has 0 fully saturated rings. The molecule has 0 aliphatic carbocycles. The fourth-order valence-corrected chi connectivity index (χ4v) is 1.51. The van der Waals surface area contributed by atoms with Gasteiger partial charge in [-0.2, -0.15) is 0 Å². The van der Waals surface area contributed by atoms with Crippen molar-refractivity contribution < 1.29 is 4.42 Å². The first kappa shape index (κ1) is 9.93. The average Bonchev–Trinajstić information content (AvgIpc) is 2.68. The van der Waals surface area contributed by atoms with Gasteiger partial charge in [-0.3, -0.25) is 4.98 Å². The Morgan fingerprint density at radius 3 is 2.93 bits per heavy atom. The van der Waals surface area contributed by atoms with Crippen molar-refractivity contribution in [3.05, 3.63) is 41.9 Å². The molecule has 2 heterocycles. The molecule has 0 aromatic carbocycles. The zero-order chi connectivity index (χ0) is 10.7. The van der Waals surface area contributed by atoms with Crippen molar-refractivity contribution in [3.8, 4) is 11.3 Å². The van der Waals surface area contributed by atoms with Crippen LogP contribution in [0, 0.1) is 6.92 Å². The minimum absolute atomic E-state index is 0.749. The first-order valence-corrected chi connectivity index (χ1v) is 4.95. The van der Waals surface area contributed by atoms with Crippen LogP contribution in [0.3, 0.4) is 0 Å². The Balaban J connectivity index is 2.33. The van der Waals surface area contributed by atoms with Crippen LogP contribution in [0.1, 0.15) is 11.3 Å². The molecule has 0 saturated carbocycles. The van der Waals surface area contributed by atoms with Crippen LogP contribution in [-0.4, -0.2) is 12.0 Å². The Bertz CT molecular complexity index is 448. The minimum atomic E-state index is 0.749. The average molecular weight is 202 g/mol. The van der Waals surface area contributed by atoms with E-state index in [4.69, 9.17) is 4.42 Å². The monoisotopic (exact) mass is 202 g/mol. The Hall–Kier alpha value is -1.61. The third-order valence-corrected chi connectivity index (χ3v) is 2.32. The highest BCUT2D eigenvalue weighted by Crippen LogP contribution is 2.24. The smallest absolute Gasteiger partial charge is 0.136 e. The molecule has 0 spiro atoms. The summed E-state index contributed by atoms with van der Waals surface area (Å²) in [7, 11) is 1.90. The van der Waals surface area contributed by atoms with Gasteiger partial charge in [0.2, 0.25) is 0 Å². The van der Waals surface area contributed by atoms with E-state index in [1.54, 1.807) is 6.20 Å². The molecule has 3 heteroatoms. The highest BCUT2D eigenvalue weighted by Gasteiger charge is 2.06. The first-order chi connectivity index (χ1) is 7.31. The summed E-state index contributed by atoms with van der Waals surface area (Å²) in [6.45, 7) is 2.80. The minimum Gasteiger partial charge on any atom is -0.460 e. The SMILES string of the molecule is CNCc1ccc(-c2cnccc2C)o1. The standard InChI is InChI=1S/C12H14N2O/c1-9-5-6-14-8-11(9)12-4-3-10(15-12)7-13-2/h3-6,8,13H,7H2,1-2H3. The van der Waals surface area contributed by atoms with Gasteiger partial charge in [-0.25, -0.2) is 0 Å². The molecule has 0 amide bonds. The van der Waals surface area contributed by atoms with Crippen LogP contribution in [0.25, 0.3) is 11.3 Å². The Kier molecular flexibility index (Phi) is 2.83. The molecule has 2 aromatic heterocycles. The van der Waals surface area contributed by atoms with Gasteiger partial charge in [-0.1, -0.05) is 0 Å². The predicted octanol–water partition coefficient (Wildman–Crippen LogP) is 2.37. The van der Waals surface area contributed by atoms with Gasteiger partial charge in [0.15, 0.2) is 0 Å². The number of aromatic nitrogens is 1. The van der Waals surface area contributed by atoms with Crippen LogP contribution in [0.15, 0.2) is 35.0 Å². The van der Waals surface area contributed by atoms with E-state index < -0.39 is 0 Å². The highest BCUT2D eigenvalue weighted by atomic mass is 16.3. The van der Waals surface area contributed by atoms with Crippen molar-refractivity contribution in [1.82, 2.24) is 10.3 Å². The van der Waals surface area contributed by atoms with Crippen molar-refractivity contribution in [1.29, 1.82) is 0 Å². The van der Waals surface area contributed by atoms with Gasteiger partial charge >= 0.3 is 0 Å². The summed E-state index contributed by atoms with van der Waals surface area (Å²) < 4.78 is 5.69. The lowest BCUT2D eigenvalue weighted by Crippen LogP contribution is -2.03. The van der Waals surface area contributed by atoms with Crippen LogP contribution in [0.5, 0.6) is 0 Å². The largest absolute Gasteiger partial charge is 0.460 e. The van der Waals surface area contributed by atoms with Crippen LogP contribution >= 0.6 is 0 Å². The zero-order valence-corrected chi connectivity index (χ0v) is 8.95. The maximum Gasteiger partial charge on any atom is 0.136 e. The third-order valence-electron chi connectivity index (χ3n) is 2.32. The lowest BCUT2D eigenvalue weighted by molar-refractivity contribution is 0.507. The lowest BCUT2D eigenvalue weighted by atomic mass is 10.1. The van der Waals surface area contributed by atoms with E-state index in [9.17, 15) is 0 Å². The van der Waals surface area contributed by atoms with Crippen LogP contribution in [0.4, 0.5) is 0 Å². The number of nitrogens with zero attached hydrogens (tertiary/aromatic N) is 1. The maximum absolute atomic E-state index is 5.69. The molecule has 1 N–H and O–H groups in total. The van der Waals surface area contributed by atoms with Gasteiger partial charge in [0.05, 0.1) is 6.54 Å². The van der Waals surface area contributed by atoms with Gasteiger partial charge in [0, 0.05) is 18.0 Å². The zero-order valence-electron chi connectivity index (χ0n) is 8.95. The van der Waals surface area contributed by atoms with Gasteiger partial charge in [-0.05, 0) is 37.7 Å². The Labute approximate surface area is 89.1 Å². The summed E-state index contributed by atoms with van der Waals surface area (Å²) in [6.07, 6.45) is 3.62. The molecule has 0 saturated heterocycles. The maximum atomic E-state index is 5.69. The number of aryl methyl sites for hydroxylation is 1. The van der Waals surface area contributed by atoms with Crippen molar-refractivity contribution >= 4 is 0 Å². The molecule has 0 aliphatic rings. The van der Waals surface area contributed by atoms with Gasteiger partial charge < -0.3 is 9.73 Å². The number of rotatable bonds is 3. The fourth-order valence-electron chi connectivity index (χ4n) is 1.51. The number of nitrogens with one attached hydrogen (secondary N) is 1. The molecule has 0 radical (unpaired) electrons. The topological polar surface area (TPSA) is 38.1 Å². The molecule has 0 aliphatic heterocycles. The summed E-state index contributed by atoms with van der Waals surface area (Å²) in [5.74, 6) is 1.82. The molecule has 2 rings (SSSR count). The second kappa shape index (κ2) is 4.28. The molecular formula is C12H14N2O. The van der Waals surface area contributed by atoms with Crippen LogP contribution < -0.4 is 5.32 Å².